The molecule has 0 aliphatic heterocycles. The summed E-state index contributed by atoms with van der Waals surface area (Å²) in [6.45, 7) is 0. The molecule has 2 heterocycles. The van der Waals surface area contributed by atoms with E-state index in [1.54, 1.807) is 0 Å². The summed E-state index contributed by atoms with van der Waals surface area (Å²) in [6.07, 6.45) is 0. The van der Waals surface area contributed by atoms with Crippen LogP contribution in [0.15, 0.2) is 206 Å². The van der Waals surface area contributed by atoms with E-state index in [1.807, 2.05) is 11.3 Å². The molecule has 0 spiro atoms. The summed E-state index contributed by atoms with van der Waals surface area (Å²) in [4.78, 5) is 2.43. The van der Waals surface area contributed by atoms with Crippen LogP contribution in [0.1, 0.15) is 0 Å². The van der Waals surface area contributed by atoms with Gasteiger partial charge in [0.1, 0.15) is 0 Å². The second-order valence-electron chi connectivity index (χ2n) is 14.1. The number of hydrogen-bond donors (Lipinski definition) is 0. The molecule has 55 heavy (non-hydrogen) atoms. The van der Waals surface area contributed by atoms with Gasteiger partial charge >= 0.3 is 0 Å². The lowest BCUT2D eigenvalue weighted by Gasteiger charge is -2.28. The van der Waals surface area contributed by atoms with Gasteiger partial charge in [-0.1, -0.05) is 140 Å². The second kappa shape index (κ2) is 12.9. The molecule has 9 aromatic carbocycles. The third kappa shape index (κ3) is 5.24. The van der Waals surface area contributed by atoms with Crippen molar-refractivity contribution in [3.05, 3.63) is 206 Å². The summed E-state index contributed by atoms with van der Waals surface area (Å²) in [7, 11) is 0. The summed E-state index contributed by atoms with van der Waals surface area (Å²) in [5, 5.41) is 7.66. The van der Waals surface area contributed by atoms with Crippen molar-refractivity contribution in [3.63, 3.8) is 0 Å². The first kappa shape index (κ1) is 31.6. The Morgan fingerprint density at radius 2 is 1.07 bits per heavy atom. The van der Waals surface area contributed by atoms with Crippen LogP contribution in [-0.2, 0) is 0 Å². The zero-order valence-corrected chi connectivity index (χ0v) is 30.7. The van der Waals surface area contributed by atoms with Gasteiger partial charge in [0.15, 0.2) is 0 Å². The lowest BCUT2D eigenvalue weighted by atomic mass is 9.98. The van der Waals surface area contributed by atoms with Crippen LogP contribution in [0.5, 0.6) is 0 Å². The van der Waals surface area contributed by atoms with E-state index in [2.05, 4.69) is 216 Å². The van der Waals surface area contributed by atoms with Gasteiger partial charge in [-0.2, -0.15) is 0 Å². The maximum absolute atomic E-state index is 2.43. The van der Waals surface area contributed by atoms with Gasteiger partial charge < -0.3 is 9.47 Å². The van der Waals surface area contributed by atoms with E-state index in [0.29, 0.717) is 0 Å². The van der Waals surface area contributed by atoms with E-state index in [1.165, 1.54) is 75.0 Å². The Kier molecular flexibility index (Phi) is 7.39. The third-order valence-corrected chi connectivity index (χ3v) is 12.1. The van der Waals surface area contributed by atoms with Crippen molar-refractivity contribution in [2.75, 3.05) is 4.90 Å². The summed E-state index contributed by atoms with van der Waals surface area (Å²) in [5.41, 5.74) is 11.7. The number of thiophene rings is 1. The van der Waals surface area contributed by atoms with Gasteiger partial charge in [0.25, 0.3) is 0 Å². The minimum absolute atomic E-state index is 1.10. The molecule has 0 radical (unpaired) electrons. The number of anilines is 3. The first-order valence-corrected chi connectivity index (χ1v) is 19.6. The van der Waals surface area contributed by atoms with E-state index in [4.69, 9.17) is 0 Å². The average molecular weight is 719 g/mol. The number of nitrogens with zero attached hydrogens (tertiary/aromatic N) is 2. The highest BCUT2D eigenvalue weighted by molar-refractivity contribution is 7.26. The molecule has 2 aromatic heterocycles. The van der Waals surface area contributed by atoms with Crippen molar-refractivity contribution in [2.45, 2.75) is 0 Å². The third-order valence-electron chi connectivity index (χ3n) is 10.9. The molecule has 0 saturated heterocycles. The standard InChI is InChI=1S/C52H34N2S/c1-3-14-35(15-4-1)37-18-11-21-42(32-37)53(48-26-12-24-45-44-22-9-10-25-47(44)54(52(45)48)40-19-5-2-6-20-40)41-30-28-36(29-31-41)43-23-13-27-49-51(43)46-33-38-16-7-8-17-39(38)34-50(46)55-49/h1-34H. The highest BCUT2D eigenvalue weighted by atomic mass is 32.1. The van der Waals surface area contributed by atoms with Crippen molar-refractivity contribution < 1.29 is 0 Å². The van der Waals surface area contributed by atoms with Crippen LogP contribution in [0.2, 0.25) is 0 Å². The number of hydrogen-bond acceptors (Lipinski definition) is 2. The van der Waals surface area contributed by atoms with E-state index >= 15 is 0 Å². The number of para-hydroxylation sites is 3. The minimum Gasteiger partial charge on any atom is -0.308 e. The second-order valence-corrected chi connectivity index (χ2v) is 15.2. The number of benzene rings is 9. The molecule has 0 saturated carbocycles. The summed E-state index contributed by atoms with van der Waals surface area (Å²) in [5.74, 6) is 0. The van der Waals surface area contributed by atoms with Crippen LogP contribution in [0, 0.1) is 0 Å². The van der Waals surface area contributed by atoms with Crippen LogP contribution >= 0.6 is 11.3 Å². The molecule has 0 atom stereocenters. The molecule has 0 bridgehead atoms. The highest BCUT2D eigenvalue weighted by Gasteiger charge is 2.22. The molecule has 0 fully saturated rings. The fourth-order valence-corrected chi connectivity index (χ4v) is 9.61. The number of fused-ring (bicyclic) bond motifs is 7. The number of rotatable bonds is 6. The van der Waals surface area contributed by atoms with Crippen molar-refractivity contribution in [1.82, 2.24) is 4.57 Å². The Bertz CT molecular complexity index is 3190. The van der Waals surface area contributed by atoms with E-state index < -0.39 is 0 Å². The van der Waals surface area contributed by atoms with Crippen LogP contribution in [0.4, 0.5) is 17.1 Å². The van der Waals surface area contributed by atoms with Crippen molar-refractivity contribution in [3.8, 4) is 27.9 Å². The van der Waals surface area contributed by atoms with E-state index in [9.17, 15) is 0 Å². The van der Waals surface area contributed by atoms with Gasteiger partial charge in [0.05, 0.1) is 16.7 Å². The minimum atomic E-state index is 1.10. The van der Waals surface area contributed by atoms with Gasteiger partial charge in [-0.25, -0.2) is 0 Å². The van der Waals surface area contributed by atoms with Crippen molar-refractivity contribution in [2.24, 2.45) is 0 Å². The Morgan fingerprint density at radius 3 is 1.91 bits per heavy atom. The highest BCUT2D eigenvalue weighted by Crippen LogP contribution is 2.46. The fourth-order valence-electron chi connectivity index (χ4n) is 8.45. The predicted octanol–water partition coefficient (Wildman–Crippen LogP) is 15.1. The Morgan fingerprint density at radius 1 is 0.400 bits per heavy atom. The maximum Gasteiger partial charge on any atom is 0.0782 e. The van der Waals surface area contributed by atoms with Crippen molar-refractivity contribution >= 4 is 81.1 Å². The summed E-state index contributed by atoms with van der Waals surface area (Å²) < 4.78 is 5.06. The molecule has 0 unspecified atom stereocenters. The van der Waals surface area contributed by atoms with Crippen LogP contribution in [-0.4, -0.2) is 4.57 Å². The first-order chi connectivity index (χ1) is 27.3. The molecule has 11 rings (SSSR count). The van der Waals surface area contributed by atoms with Gasteiger partial charge in [-0.05, 0) is 99.8 Å². The lowest BCUT2D eigenvalue weighted by molar-refractivity contribution is 1.17. The van der Waals surface area contributed by atoms with E-state index in [0.717, 1.165) is 22.7 Å². The molecule has 258 valence electrons. The van der Waals surface area contributed by atoms with E-state index in [-0.39, 0.29) is 0 Å². The molecule has 11 aromatic rings. The normalized spacial score (nSPS) is 11.6. The monoisotopic (exact) mass is 718 g/mol. The van der Waals surface area contributed by atoms with Crippen LogP contribution < -0.4 is 4.90 Å². The maximum atomic E-state index is 2.43. The lowest BCUT2D eigenvalue weighted by Crippen LogP contribution is -2.11. The largest absolute Gasteiger partial charge is 0.308 e. The molecule has 2 nitrogen and oxygen atoms in total. The smallest absolute Gasteiger partial charge is 0.0782 e. The summed E-state index contributed by atoms with van der Waals surface area (Å²) >= 11 is 1.88. The summed E-state index contributed by atoms with van der Waals surface area (Å²) in [6, 6.07) is 75.1. The Labute approximate surface area is 323 Å². The van der Waals surface area contributed by atoms with Gasteiger partial charge in [-0.15, -0.1) is 11.3 Å². The average Bonchev–Trinajstić information content (AvgIpc) is 3.80. The van der Waals surface area contributed by atoms with Crippen molar-refractivity contribution in [1.29, 1.82) is 0 Å². The topological polar surface area (TPSA) is 8.17 Å². The predicted molar refractivity (Wildman–Crippen MR) is 237 cm³/mol. The molecular weight excluding hydrogens is 685 g/mol. The molecule has 0 amide bonds. The molecular formula is C52H34N2S. The Balaban J connectivity index is 1.13. The zero-order valence-electron chi connectivity index (χ0n) is 29.9. The SMILES string of the molecule is c1ccc(-c2cccc(N(c3ccc(-c4cccc5sc6cc7ccccc7cc6c45)cc3)c3cccc4c5ccccc5n(-c5ccccc5)c34)c2)cc1. The molecule has 0 aliphatic rings. The van der Waals surface area contributed by atoms with Gasteiger partial charge in [-0.3, -0.25) is 0 Å². The quantitative estimate of drug-likeness (QED) is 0.166. The fraction of sp³-hybridized carbons (Fsp3) is 0. The first-order valence-electron chi connectivity index (χ1n) is 18.8. The van der Waals surface area contributed by atoms with Gasteiger partial charge in [0, 0.05) is 48.0 Å². The molecule has 3 heteroatoms. The molecule has 0 aliphatic carbocycles. The Hall–Kier alpha value is -6.94. The van der Waals surface area contributed by atoms with Crippen LogP contribution in [0.3, 0.4) is 0 Å². The molecule has 0 N–H and O–H groups in total. The van der Waals surface area contributed by atoms with Crippen LogP contribution in [0.25, 0.3) is 80.7 Å². The zero-order chi connectivity index (χ0) is 36.3. The van der Waals surface area contributed by atoms with Gasteiger partial charge in [0.2, 0.25) is 0 Å². The number of aromatic nitrogens is 1.